The Balaban J connectivity index is 1.57. The molecule has 37 heavy (non-hydrogen) atoms. The maximum Gasteiger partial charge on any atom is 0.276 e. The van der Waals surface area contributed by atoms with Crippen molar-refractivity contribution in [2.75, 3.05) is 20.0 Å². The van der Waals surface area contributed by atoms with Gasteiger partial charge < -0.3 is 24.6 Å². The maximum atomic E-state index is 13.0. The summed E-state index contributed by atoms with van der Waals surface area (Å²) in [4.78, 5) is 35.1. The smallest absolute Gasteiger partial charge is 0.276 e. The van der Waals surface area contributed by atoms with E-state index < -0.39 is 5.54 Å². The van der Waals surface area contributed by atoms with Crippen LogP contribution in [0.2, 0.25) is 0 Å². The number of anilines is 1. The molecule has 2 N–H and O–H groups in total. The first kappa shape index (κ1) is 23.9. The van der Waals surface area contributed by atoms with Crippen LogP contribution in [-0.4, -0.2) is 38.7 Å². The highest BCUT2D eigenvalue weighted by atomic mass is 16.5. The normalized spacial score (nSPS) is 13.9. The summed E-state index contributed by atoms with van der Waals surface area (Å²) < 4.78 is 12.1. The molecule has 1 aromatic carbocycles. The fourth-order valence-corrected chi connectivity index (χ4v) is 4.34. The molecule has 0 radical (unpaired) electrons. The number of pyridine rings is 1. The molecule has 0 saturated heterocycles. The Hall–Kier alpha value is -4.78. The molecular weight excluding hydrogens is 470 g/mol. The van der Waals surface area contributed by atoms with Crippen LogP contribution >= 0.6 is 0 Å². The maximum absolute atomic E-state index is 13.0. The third kappa shape index (κ3) is 4.25. The van der Waals surface area contributed by atoms with Gasteiger partial charge in [0.05, 0.1) is 26.1 Å². The van der Waals surface area contributed by atoms with E-state index in [1.807, 2.05) is 12.1 Å². The predicted octanol–water partition coefficient (Wildman–Crippen LogP) is 3.86. The highest BCUT2D eigenvalue weighted by Gasteiger charge is 2.46. The molecule has 10 heteroatoms. The summed E-state index contributed by atoms with van der Waals surface area (Å²) in [6, 6.07) is 8.91. The highest BCUT2D eigenvalue weighted by molar-refractivity contribution is 5.72. The molecule has 0 bridgehead atoms. The Bertz CT molecular complexity index is 1560. The summed E-state index contributed by atoms with van der Waals surface area (Å²) in [5.41, 5.74) is 8.91. The fourth-order valence-electron chi connectivity index (χ4n) is 4.34. The summed E-state index contributed by atoms with van der Waals surface area (Å²) in [7, 11) is 4.72. The van der Waals surface area contributed by atoms with Crippen molar-refractivity contribution >= 4 is 5.82 Å². The zero-order valence-corrected chi connectivity index (χ0v) is 20.7. The molecule has 3 aromatic heterocycles. The van der Waals surface area contributed by atoms with Gasteiger partial charge in [-0.3, -0.25) is 9.78 Å². The molecule has 0 unspecified atom stereocenters. The van der Waals surface area contributed by atoms with E-state index in [0.717, 1.165) is 30.5 Å². The van der Waals surface area contributed by atoms with Crippen LogP contribution in [0.5, 0.6) is 11.5 Å². The van der Waals surface area contributed by atoms with Crippen LogP contribution in [0.4, 0.5) is 5.82 Å². The van der Waals surface area contributed by atoms with Gasteiger partial charge in [0.15, 0.2) is 5.82 Å². The first-order valence-corrected chi connectivity index (χ1v) is 11.7. The van der Waals surface area contributed by atoms with Gasteiger partial charge in [0, 0.05) is 49.5 Å². The zero-order valence-electron chi connectivity index (χ0n) is 20.7. The van der Waals surface area contributed by atoms with Crippen LogP contribution < -0.4 is 20.8 Å². The van der Waals surface area contributed by atoms with E-state index >= 15 is 0 Å². The van der Waals surface area contributed by atoms with E-state index in [-0.39, 0.29) is 17.1 Å². The first-order chi connectivity index (χ1) is 17.9. The minimum Gasteiger partial charge on any atom is -0.497 e. The van der Waals surface area contributed by atoms with Gasteiger partial charge in [0.1, 0.15) is 34.3 Å². The van der Waals surface area contributed by atoms with E-state index in [9.17, 15) is 4.79 Å². The van der Waals surface area contributed by atoms with Gasteiger partial charge in [-0.1, -0.05) is 0 Å². The molecule has 1 aliphatic carbocycles. The molecule has 3 heterocycles. The molecule has 1 saturated carbocycles. The summed E-state index contributed by atoms with van der Waals surface area (Å²) in [6.07, 6.45) is 7.54. The van der Waals surface area contributed by atoms with Crippen LogP contribution in [0.1, 0.15) is 25.0 Å². The lowest BCUT2D eigenvalue weighted by Gasteiger charge is -2.29. The van der Waals surface area contributed by atoms with Crippen molar-refractivity contribution in [1.29, 1.82) is 0 Å². The minimum absolute atomic E-state index is 0.176. The van der Waals surface area contributed by atoms with E-state index in [2.05, 4.69) is 19.8 Å². The summed E-state index contributed by atoms with van der Waals surface area (Å²) in [5, 5.41) is 0. The number of nitrogen functional groups attached to an aromatic ring is 1. The number of methoxy groups -OCH3 is 2. The van der Waals surface area contributed by atoms with Crippen molar-refractivity contribution in [2.45, 2.75) is 24.8 Å². The molecule has 0 amide bonds. The lowest BCUT2D eigenvalue weighted by Crippen LogP contribution is -2.31. The van der Waals surface area contributed by atoms with Crippen LogP contribution in [0.3, 0.4) is 0 Å². The Morgan fingerprint density at radius 2 is 1.68 bits per heavy atom. The average molecular weight is 496 g/mol. The number of aryl methyl sites for hydroxylation is 1. The molecule has 1 aliphatic rings. The third-order valence-corrected chi connectivity index (χ3v) is 6.67. The number of ether oxygens (including phenoxy) is 2. The first-order valence-electron chi connectivity index (χ1n) is 11.7. The van der Waals surface area contributed by atoms with Crippen LogP contribution in [0.25, 0.3) is 38.7 Å². The second-order valence-electron chi connectivity index (χ2n) is 8.91. The number of rotatable bonds is 6. The van der Waals surface area contributed by atoms with Crippen molar-refractivity contribution in [3.8, 4) is 45.4 Å². The molecular formula is C27H25N7O3. The van der Waals surface area contributed by atoms with Gasteiger partial charge in [0.2, 0.25) is 0 Å². The molecule has 4 aromatic rings. The number of hydrogen-bond donors (Lipinski definition) is 1. The number of nitrogens with two attached hydrogens (primary N) is 1. The average Bonchev–Trinajstić information content (AvgIpc) is 2.90. The quantitative estimate of drug-likeness (QED) is 0.400. The summed E-state index contributed by atoms with van der Waals surface area (Å²) in [6.45, 7) is 7.57. The van der Waals surface area contributed by atoms with Crippen LogP contribution in [0.15, 0.2) is 53.7 Å². The molecule has 10 nitrogen and oxygen atoms in total. The minimum atomic E-state index is -0.506. The zero-order chi connectivity index (χ0) is 26.2. The molecule has 0 aliphatic heterocycles. The van der Waals surface area contributed by atoms with Crippen LogP contribution in [-0.2, 0) is 12.6 Å². The van der Waals surface area contributed by atoms with Crippen LogP contribution in [0, 0.1) is 6.57 Å². The molecule has 186 valence electrons. The van der Waals surface area contributed by atoms with Gasteiger partial charge in [-0.2, -0.15) is 0 Å². The van der Waals surface area contributed by atoms with Crippen molar-refractivity contribution in [3.63, 3.8) is 0 Å². The van der Waals surface area contributed by atoms with Crippen molar-refractivity contribution in [3.05, 3.63) is 76.4 Å². The molecule has 1 fully saturated rings. The number of aromatic nitrogens is 5. The standard InChI is InChI=1S/C27H25N7O3/c1-29-27(8-5-9-27)22-7-6-16(13-30-22)20-14-31-25(28)24(32-20)21-15-34(2)26(35)23(33-21)17-10-18(36-3)12-19(11-17)37-4/h6-7,10-15H,5,8-9H2,2-4H3,(H2,28,31). The third-order valence-electron chi connectivity index (χ3n) is 6.67. The molecule has 0 spiro atoms. The van der Waals surface area contributed by atoms with Crippen molar-refractivity contribution < 1.29 is 9.47 Å². The monoisotopic (exact) mass is 495 g/mol. The fraction of sp³-hybridized carbons (Fsp3) is 0.259. The number of nitrogens with zero attached hydrogens (tertiary/aromatic N) is 6. The van der Waals surface area contributed by atoms with E-state index in [1.54, 1.807) is 43.8 Å². The molecule has 0 atom stereocenters. The Morgan fingerprint density at radius 1 is 0.973 bits per heavy atom. The molecule has 5 rings (SSSR count). The summed E-state index contributed by atoms with van der Waals surface area (Å²) >= 11 is 0. The van der Waals surface area contributed by atoms with E-state index in [4.69, 9.17) is 26.8 Å². The predicted molar refractivity (Wildman–Crippen MR) is 139 cm³/mol. The van der Waals surface area contributed by atoms with Gasteiger partial charge >= 0.3 is 0 Å². The summed E-state index contributed by atoms with van der Waals surface area (Å²) in [5.74, 6) is 1.24. The van der Waals surface area contributed by atoms with Gasteiger partial charge in [-0.25, -0.2) is 21.5 Å². The number of hydrogen-bond acceptors (Lipinski definition) is 8. The van der Waals surface area contributed by atoms with Gasteiger partial charge in [0.25, 0.3) is 11.1 Å². The SMILES string of the molecule is [C-]#[N+]C1(c2ccc(-c3cnc(N)c(-c4cn(C)c(=O)c(-c5cc(OC)cc(OC)c5)n4)n3)cn2)CCC1. The van der Waals surface area contributed by atoms with Crippen molar-refractivity contribution in [1.82, 2.24) is 24.5 Å². The largest absolute Gasteiger partial charge is 0.497 e. The Morgan fingerprint density at radius 3 is 2.24 bits per heavy atom. The van der Waals surface area contributed by atoms with Crippen molar-refractivity contribution in [2.24, 2.45) is 7.05 Å². The lowest BCUT2D eigenvalue weighted by atomic mass is 9.75. The lowest BCUT2D eigenvalue weighted by molar-refractivity contribution is 0.302. The Labute approximate surface area is 213 Å². The van der Waals surface area contributed by atoms with E-state index in [1.165, 1.54) is 18.8 Å². The second kappa shape index (κ2) is 9.35. The Kier molecular flexibility index (Phi) is 6.05. The highest BCUT2D eigenvalue weighted by Crippen LogP contribution is 2.44. The topological polar surface area (TPSA) is 122 Å². The van der Waals surface area contributed by atoms with Gasteiger partial charge in [-0.05, 0) is 30.7 Å². The second-order valence-corrected chi connectivity index (χ2v) is 8.91. The number of benzene rings is 1. The van der Waals surface area contributed by atoms with Gasteiger partial charge in [-0.15, -0.1) is 0 Å². The van der Waals surface area contributed by atoms with E-state index in [0.29, 0.717) is 34.1 Å².